The molecule has 2 aromatic carbocycles. The van der Waals surface area contributed by atoms with Crippen molar-refractivity contribution in [2.45, 2.75) is 25.2 Å². The molecule has 0 unspecified atom stereocenters. The molecule has 0 atom stereocenters. The normalized spacial score (nSPS) is 13.2. The van der Waals surface area contributed by atoms with Gasteiger partial charge in [-0.25, -0.2) is 8.42 Å². The number of fused-ring (bicyclic) bond motifs is 1. The number of carbonyl (C=O) groups excluding carboxylic acids is 2. The van der Waals surface area contributed by atoms with Gasteiger partial charge in [-0.2, -0.15) is 0 Å². The van der Waals surface area contributed by atoms with Crippen LogP contribution in [0.15, 0.2) is 47.4 Å². The number of nitrogens with zero attached hydrogens (tertiary/aromatic N) is 2. The van der Waals surface area contributed by atoms with Gasteiger partial charge in [-0.05, 0) is 42.3 Å². The monoisotopic (exact) mass is 387 g/mol. The van der Waals surface area contributed by atoms with E-state index < -0.39 is 10.0 Å². The largest absolute Gasteiger partial charge is 0.314 e. The molecule has 142 valence electrons. The van der Waals surface area contributed by atoms with E-state index in [0.29, 0.717) is 24.3 Å². The zero-order valence-electron chi connectivity index (χ0n) is 15.4. The summed E-state index contributed by atoms with van der Waals surface area (Å²) in [5, 5.41) is 0. The summed E-state index contributed by atoms with van der Waals surface area (Å²) in [6.07, 6.45) is 0.613. The molecular weight excluding hydrogens is 366 g/mol. The number of hydrogen-bond acceptors (Lipinski definition) is 4. The first-order valence-electron chi connectivity index (χ1n) is 8.48. The fourth-order valence-electron chi connectivity index (χ4n) is 3.10. The topological polar surface area (TPSA) is 86.8 Å². The molecule has 1 N–H and O–H groups in total. The van der Waals surface area contributed by atoms with Crippen LogP contribution in [0, 0.1) is 0 Å². The number of rotatable bonds is 4. The molecule has 0 saturated heterocycles. The maximum atomic E-state index is 12.9. The minimum absolute atomic E-state index is 0.0660. The summed E-state index contributed by atoms with van der Waals surface area (Å²) < 4.78 is 28.3. The van der Waals surface area contributed by atoms with E-state index >= 15 is 0 Å². The van der Waals surface area contributed by atoms with Gasteiger partial charge in [-0.1, -0.05) is 12.1 Å². The lowest BCUT2D eigenvalue weighted by atomic mass is 10.2. The first-order valence-corrected chi connectivity index (χ1v) is 9.96. The molecule has 0 bridgehead atoms. The minimum atomic E-state index is -3.85. The Kier molecular flexibility index (Phi) is 4.93. The van der Waals surface area contributed by atoms with Crippen LogP contribution in [0.25, 0.3) is 0 Å². The molecule has 0 spiro atoms. The molecule has 0 fully saturated rings. The molecular formula is C19H21N3O4S. The predicted molar refractivity (Wildman–Crippen MR) is 105 cm³/mol. The lowest BCUT2D eigenvalue weighted by molar-refractivity contribution is -0.117. The minimum Gasteiger partial charge on any atom is -0.314 e. The van der Waals surface area contributed by atoms with Crippen molar-refractivity contribution < 1.29 is 18.0 Å². The van der Waals surface area contributed by atoms with E-state index in [9.17, 15) is 18.0 Å². The van der Waals surface area contributed by atoms with Gasteiger partial charge in [0.1, 0.15) is 0 Å². The van der Waals surface area contributed by atoms with E-state index in [2.05, 4.69) is 4.72 Å². The molecule has 2 amide bonds. The molecule has 7 nitrogen and oxygen atoms in total. The number of hydrogen-bond donors (Lipinski definition) is 1. The number of carbonyl (C=O) groups is 2. The zero-order valence-corrected chi connectivity index (χ0v) is 16.2. The number of benzene rings is 2. The highest BCUT2D eigenvalue weighted by Crippen LogP contribution is 2.32. The van der Waals surface area contributed by atoms with Crippen molar-refractivity contribution in [2.24, 2.45) is 0 Å². The number of amides is 2. The van der Waals surface area contributed by atoms with Crippen molar-refractivity contribution in [3.63, 3.8) is 0 Å². The van der Waals surface area contributed by atoms with E-state index in [1.54, 1.807) is 48.3 Å². The van der Waals surface area contributed by atoms with Crippen molar-refractivity contribution in [1.29, 1.82) is 0 Å². The number of nitrogens with one attached hydrogen (secondary N) is 1. The molecule has 27 heavy (non-hydrogen) atoms. The van der Waals surface area contributed by atoms with E-state index in [0.717, 1.165) is 11.3 Å². The second-order valence-corrected chi connectivity index (χ2v) is 8.09. The zero-order chi connectivity index (χ0) is 19.8. The highest BCUT2D eigenvalue weighted by atomic mass is 32.2. The molecule has 1 aliphatic rings. The Morgan fingerprint density at radius 1 is 1.11 bits per heavy atom. The summed E-state index contributed by atoms with van der Waals surface area (Å²) in [5.41, 5.74) is 2.36. The third kappa shape index (κ3) is 3.66. The van der Waals surface area contributed by atoms with Gasteiger partial charge in [0.25, 0.3) is 10.0 Å². The average Bonchev–Trinajstić information content (AvgIpc) is 3.04. The maximum absolute atomic E-state index is 12.9. The third-order valence-electron chi connectivity index (χ3n) is 4.62. The second kappa shape index (κ2) is 7.03. The van der Waals surface area contributed by atoms with Gasteiger partial charge in [0.2, 0.25) is 11.8 Å². The van der Waals surface area contributed by atoms with Gasteiger partial charge in [0.05, 0.1) is 16.3 Å². The molecule has 1 aliphatic heterocycles. The Morgan fingerprint density at radius 2 is 1.81 bits per heavy atom. The van der Waals surface area contributed by atoms with E-state index in [-0.39, 0.29) is 16.7 Å². The quantitative estimate of drug-likeness (QED) is 0.873. The molecule has 0 aliphatic carbocycles. The Labute approximate surface area is 158 Å². The predicted octanol–water partition coefficient (Wildman–Crippen LogP) is 2.38. The first kappa shape index (κ1) is 18.9. The van der Waals surface area contributed by atoms with Crippen LogP contribution in [0.4, 0.5) is 17.1 Å². The summed E-state index contributed by atoms with van der Waals surface area (Å²) >= 11 is 0. The van der Waals surface area contributed by atoms with Crippen molar-refractivity contribution in [1.82, 2.24) is 0 Å². The van der Waals surface area contributed by atoms with Gasteiger partial charge >= 0.3 is 0 Å². The highest BCUT2D eigenvalue weighted by Gasteiger charge is 2.25. The molecule has 0 radical (unpaired) electrons. The van der Waals surface area contributed by atoms with Crippen LogP contribution in [-0.2, 0) is 26.0 Å². The second-order valence-electron chi connectivity index (χ2n) is 6.41. The van der Waals surface area contributed by atoms with Gasteiger partial charge < -0.3 is 9.80 Å². The first-order chi connectivity index (χ1) is 12.7. The van der Waals surface area contributed by atoms with Gasteiger partial charge in [-0.3, -0.25) is 14.3 Å². The number of sulfonamides is 1. The lowest BCUT2D eigenvalue weighted by Gasteiger charge is -2.20. The summed E-state index contributed by atoms with van der Waals surface area (Å²) in [6, 6.07) is 11.5. The van der Waals surface area contributed by atoms with Crippen molar-refractivity contribution in [3.8, 4) is 0 Å². The fraction of sp³-hybridized carbons (Fsp3) is 0.263. The highest BCUT2D eigenvalue weighted by molar-refractivity contribution is 7.92. The molecule has 0 aromatic heterocycles. The standard InChI is InChI=1S/C19H21N3O4S/c1-13(23)21(3)19-7-5-4-6-17(19)20-27(25,26)16-8-9-18-15(12-16)10-11-22(18)14(2)24/h4-9,12,20H,10-11H2,1-3H3. The van der Waals surface area contributed by atoms with Crippen LogP contribution in [0.3, 0.4) is 0 Å². The lowest BCUT2D eigenvalue weighted by Crippen LogP contribution is -2.25. The Bertz CT molecular complexity index is 1020. The van der Waals surface area contributed by atoms with Crippen LogP contribution in [0.5, 0.6) is 0 Å². The molecule has 8 heteroatoms. The van der Waals surface area contributed by atoms with Crippen LogP contribution in [0.2, 0.25) is 0 Å². The molecule has 3 rings (SSSR count). The maximum Gasteiger partial charge on any atom is 0.261 e. The fourth-order valence-corrected chi connectivity index (χ4v) is 4.22. The van der Waals surface area contributed by atoms with Crippen molar-refractivity contribution >= 4 is 38.9 Å². The van der Waals surface area contributed by atoms with Crippen LogP contribution < -0.4 is 14.5 Å². The average molecular weight is 387 g/mol. The van der Waals surface area contributed by atoms with Gasteiger partial charge in [0, 0.05) is 33.1 Å². The van der Waals surface area contributed by atoms with Crippen molar-refractivity contribution in [2.75, 3.05) is 28.1 Å². The van der Waals surface area contributed by atoms with Crippen LogP contribution >= 0.6 is 0 Å². The molecule has 0 saturated carbocycles. The van der Waals surface area contributed by atoms with E-state index in [4.69, 9.17) is 0 Å². The third-order valence-corrected chi connectivity index (χ3v) is 5.98. The number of anilines is 3. The Morgan fingerprint density at radius 3 is 2.48 bits per heavy atom. The summed E-state index contributed by atoms with van der Waals surface area (Å²) in [6.45, 7) is 3.45. The molecule has 1 heterocycles. The van der Waals surface area contributed by atoms with Crippen molar-refractivity contribution in [3.05, 3.63) is 48.0 Å². The Balaban J connectivity index is 1.94. The number of para-hydroxylation sites is 2. The van der Waals surface area contributed by atoms with Gasteiger partial charge in [-0.15, -0.1) is 0 Å². The molecule has 2 aromatic rings. The summed E-state index contributed by atoms with van der Waals surface area (Å²) in [4.78, 5) is 26.4. The van der Waals surface area contributed by atoms with Crippen LogP contribution in [0.1, 0.15) is 19.4 Å². The van der Waals surface area contributed by atoms with Crippen LogP contribution in [-0.4, -0.2) is 33.8 Å². The van der Waals surface area contributed by atoms with E-state index in [1.165, 1.54) is 24.8 Å². The summed E-state index contributed by atoms with van der Waals surface area (Å²) in [5.74, 6) is -0.271. The van der Waals surface area contributed by atoms with Gasteiger partial charge in [0.15, 0.2) is 0 Å². The smallest absolute Gasteiger partial charge is 0.261 e. The SMILES string of the molecule is CC(=O)N(C)c1ccccc1NS(=O)(=O)c1ccc2c(c1)CCN2C(C)=O. The van der Waals surface area contributed by atoms with E-state index in [1.807, 2.05) is 0 Å². The Hall–Kier alpha value is -2.87. The summed E-state index contributed by atoms with van der Waals surface area (Å²) in [7, 11) is -2.26.